The zero-order valence-electron chi connectivity index (χ0n) is 18.0. The quantitative estimate of drug-likeness (QED) is 0.256. The van der Waals surface area contributed by atoms with Gasteiger partial charge in [0.1, 0.15) is 5.76 Å². The lowest BCUT2D eigenvalue weighted by molar-refractivity contribution is -0.133. The predicted octanol–water partition coefficient (Wildman–Crippen LogP) is 5.33. The van der Waals surface area contributed by atoms with Crippen LogP contribution >= 0.6 is 0 Å². The molecule has 0 aromatic heterocycles. The van der Waals surface area contributed by atoms with E-state index in [4.69, 9.17) is 0 Å². The van der Waals surface area contributed by atoms with Crippen molar-refractivity contribution in [1.29, 1.82) is 0 Å². The highest BCUT2D eigenvalue weighted by Crippen LogP contribution is 2.41. The molecular weight excluding hydrogens is 350 g/mol. The highest BCUT2D eigenvalue weighted by Gasteiger charge is 2.41. The first kappa shape index (κ1) is 22.2. The lowest BCUT2D eigenvalue weighted by Gasteiger charge is -2.34. The Morgan fingerprint density at radius 1 is 1.29 bits per heavy atom. The molecule has 0 saturated heterocycles. The second-order valence-corrected chi connectivity index (χ2v) is 8.56. The Kier molecular flexibility index (Phi) is 7.45. The first-order chi connectivity index (χ1) is 13.2. The van der Waals surface area contributed by atoms with Crippen LogP contribution in [0.5, 0.6) is 0 Å². The second kappa shape index (κ2) is 9.40. The van der Waals surface area contributed by atoms with Crippen LogP contribution in [0.3, 0.4) is 0 Å². The van der Waals surface area contributed by atoms with Crippen molar-refractivity contribution in [3.63, 3.8) is 0 Å². The zero-order chi connectivity index (χ0) is 21.0. The summed E-state index contributed by atoms with van der Waals surface area (Å²) in [4.78, 5) is 26.1. The summed E-state index contributed by atoms with van der Waals surface area (Å²) in [7, 11) is 0. The smallest absolute Gasteiger partial charge is 0.233 e. The number of Topliss-reactive ketones (excluding diaryl/α,β-unsaturated/α-hetero) is 2. The van der Waals surface area contributed by atoms with E-state index < -0.39 is 11.6 Å². The van der Waals surface area contributed by atoms with E-state index in [1.807, 2.05) is 33.8 Å². The van der Waals surface area contributed by atoms with Crippen molar-refractivity contribution in [3.05, 3.63) is 46.4 Å². The molecule has 4 nitrogen and oxygen atoms in total. The molecule has 2 aliphatic rings. The minimum atomic E-state index is -0.555. The van der Waals surface area contributed by atoms with Gasteiger partial charge in [0, 0.05) is 17.5 Å². The number of hydrogen-bond acceptors (Lipinski definition) is 4. The normalized spacial score (nSPS) is 23.4. The van der Waals surface area contributed by atoms with Crippen molar-refractivity contribution in [2.75, 3.05) is 0 Å². The first-order valence-electron chi connectivity index (χ1n) is 10.5. The van der Waals surface area contributed by atoms with E-state index in [1.165, 1.54) is 5.57 Å². The number of aliphatic hydroxyl groups excluding tert-OH is 1. The average Bonchev–Trinajstić information content (AvgIpc) is 2.62. The van der Waals surface area contributed by atoms with E-state index in [0.717, 1.165) is 37.7 Å². The molecule has 0 radical (unpaired) electrons. The molecule has 0 bridgehead atoms. The zero-order valence-corrected chi connectivity index (χ0v) is 18.0. The van der Waals surface area contributed by atoms with Crippen molar-refractivity contribution in [2.45, 2.75) is 79.2 Å². The average molecular weight is 386 g/mol. The molecule has 28 heavy (non-hydrogen) atoms. The van der Waals surface area contributed by atoms with Gasteiger partial charge in [0.05, 0.1) is 11.3 Å². The van der Waals surface area contributed by atoms with Crippen LogP contribution in [0.1, 0.15) is 73.1 Å². The minimum Gasteiger partial charge on any atom is -0.505 e. The minimum absolute atomic E-state index is 0.0427. The Labute approximate surface area is 169 Å². The Balaban J connectivity index is 2.59. The molecular formula is C24H35NO3. The molecule has 2 aliphatic carbocycles. The van der Waals surface area contributed by atoms with Crippen molar-refractivity contribution >= 4 is 11.6 Å². The van der Waals surface area contributed by atoms with Gasteiger partial charge < -0.3 is 10.4 Å². The molecule has 0 fully saturated rings. The summed E-state index contributed by atoms with van der Waals surface area (Å²) >= 11 is 0. The van der Waals surface area contributed by atoms with Crippen molar-refractivity contribution in [1.82, 2.24) is 5.32 Å². The predicted molar refractivity (Wildman–Crippen MR) is 114 cm³/mol. The molecule has 1 unspecified atom stereocenters. The summed E-state index contributed by atoms with van der Waals surface area (Å²) in [6.07, 6.45) is 7.21. The highest BCUT2D eigenvalue weighted by molar-refractivity contribution is 6.50. The third-order valence-corrected chi connectivity index (χ3v) is 5.70. The van der Waals surface area contributed by atoms with E-state index in [0.29, 0.717) is 17.7 Å². The lowest BCUT2D eigenvalue weighted by atomic mass is 9.70. The van der Waals surface area contributed by atoms with Crippen LogP contribution in [0.2, 0.25) is 0 Å². The number of aliphatic hydroxyl groups is 1. The van der Waals surface area contributed by atoms with Crippen LogP contribution in [0, 0.1) is 11.8 Å². The summed E-state index contributed by atoms with van der Waals surface area (Å²) in [5.74, 6) is -1.32. The monoisotopic (exact) mass is 385 g/mol. The number of carbonyl (C=O) groups excluding carboxylic acids is 2. The van der Waals surface area contributed by atoms with Crippen LogP contribution in [0.15, 0.2) is 46.4 Å². The largest absolute Gasteiger partial charge is 0.505 e. The lowest BCUT2D eigenvalue weighted by Crippen LogP contribution is -2.37. The molecule has 2 atom stereocenters. The Hall–Kier alpha value is -2.10. The van der Waals surface area contributed by atoms with Crippen molar-refractivity contribution in [2.24, 2.45) is 11.8 Å². The van der Waals surface area contributed by atoms with Crippen molar-refractivity contribution < 1.29 is 14.7 Å². The summed E-state index contributed by atoms with van der Waals surface area (Å²) in [5, 5.41) is 14.4. The summed E-state index contributed by atoms with van der Waals surface area (Å²) in [6, 6.07) is 0.0427. The van der Waals surface area contributed by atoms with E-state index in [1.54, 1.807) is 0 Å². The van der Waals surface area contributed by atoms with Gasteiger partial charge in [-0.1, -0.05) is 43.6 Å². The van der Waals surface area contributed by atoms with E-state index >= 15 is 0 Å². The number of carbonyl (C=O) groups is 2. The number of nitrogens with one attached hydrogen (secondary N) is 1. The maximum Gasteiger partial charge on any atom is 0.233 e. The van der Waals surface area contributed by atoms with Gasteiger partial charge in [0.15, 0.2) is 0 Å². The summed E-state index contributed by atoms with van der Waals surface area (Å²) in [5.41, 5.74) is 3.27. The van der Waals surface area contributed by atoms with Gasteiger partial charge in [-0.25, -0.2) is 0 Å². The fourth-order valence-corrected chi connectivity index (χ4v) is 4.21. The molecule has 0 saturated carbocycles. The molecule has 4 heteroatoms. The van der Waals surface area contributed by atoms with Crippen LogP contribution in [0.4, 0.5) is 0 Å². The molecule has 2 rings (SSSR count). The fourth-order valence-electron chi connectivity index (χ4n) is 4.21. The molecule has 154 valence electrons. The Morgan fingerprint density at radius 2 is 1.96 bits per heavy atom. The number of ketones is 2. The standard InChI is InChI=1S/C24H35NO3/c1-7-8-9-10-18-21(25-15(4)5)23(27)20(24(28)22(18)26)19-13-16(6)11-12-17(19)14(2)3/h13,15,17,19,25,27H,2,7-12H2,1,3-6H3/t17?,19-/m1/s1. The van der Waals surface area contributed by atoms with E-state index in [-0.39, 0.29) is 29.2 Å². The molecule has 0 spiro atoms. The number of unbranched alkanes of at least 4 members (excludes halogenated alkanes) is 2. The maximum absolute atomic E-state index is 13.1. The van der Waals surface area contributed by atoms with Gasteiger partial charge in [-0.3, -0.25) is 9.59 Å². The van der Waals surface area contributed by atoms with Crippen LogP contribution < -0.4 is 5.32 Å². The third-order valence-electron chi connectivity index (χ3n) is 5.70. The first-order valence-corrected chi connectivity index (χ1v) is 10.5. The molecule has 0 aliphatic heterocycles. The highest BCUT2D eigenvalue weighted by atomic mass is 16.3. The second-order valence-electron chi connectivity index (χ2n) is 8.56. The number of allylic oxidation sites excluding steroid dienone is 5. The van der Waals surface area contributed by atoms with E-state index in [2.05, 4.69) is 18.8 Å². The number of hydrogen-bond donors (Lipinski definition) is 2. The van der Waals surface area contributed by atoms with Crippen LogP contribution in [-0.4, -0.2) is 22.7 Å². The molecule has 0 heterocycles. The van der Waals surface area contributed by atoms with Gasteiger partial charge in [-0.05, 0) is 59.3 Å². The third kappa shape index (κ3) is 4.65. The molecule has 0 amide bonds. The molecule has 0 aromatic rings. The van der Waals surface area contributed by atoms with Crippen LogP contribution in [-0.2, 0) is 9.59 Å². The summed E-state index contributed by atoms with van der Waals surface area (Å²) < 4.78 is 0. The Morgan fingerprint density at radius 3 is 2.54 bits per heavy atom. The van der Waals surface area contributed by atoms with Gasteiger partial charge in [0.2, 0.25) is 11.6 Å². The van der Waals surface area contributed by atoms with Gasteiger partial charge in [-0.15, -0.1) is 0 Å². The Bertz CT molecular complexity index is 752. The van der Waals surface area contributed by atoms with Gasteiger partial charge in [0.25, 0.3) is 0 Å². The summed E-state index contributed by atoms with van der Waals surface area (Å²) in [6.45, 7) is 14.1. The van der Waals surface area contributed by atoms with Gasteiger partial charge >= 0.3 is 0 Å². The number of rotatable bonds is 8. The molecule has 2 N–H and O–H groups in total. The van der Waals surface area contributed by atoms with Gasteiger partial charge in [-0.2, -0.15) is 0 Å². The fraction of sp³-hybridized carbons (Fsp3) is 0.583. The SMILES string of the molecule is C=C(C)C1CCC(C)=C[C@H]1C1=C(O)C(NC(C)C)=C(CCCCC)C(=O)C1=O. The molecule has 0 aromatic carbocycles. The van der Waals surface area contributed by atoms with Crippen LogP contribution in [0.25, 0.3) is 0 Å². The topological polar surface area (TPSA) is 66.4 Å². The van der Waals surface area contributed by atoms with Crippen molar-refractivity contribution in [3.8, 4) is 0 Å². The maximum atomic E-state index is 13.1. The van der Waals surface area contributed by atoms with E-state index in [9.17, 15) is 14.7 Å².